The van der Waals surface area contributed by atoms with Crippen LogP contribution in [0.2, 0.25) is 0 Å². The maximum atomic E-state index is 13.5. The van der Waals surface area contributed by atoms with Crippen LogP contribution < -0.4 is 15.0 Å². The van der Waals surface area contributed by atoms with Gasteiger partial charge >= 0.3 is 6.18 Å². The number of benzene rings is 1. The highest BCUT2D eigenvalue weighted by Gasteiger charge is 2.40. The number of ether oxygens (including phenoxy) is 1. The van der Waals surface area contributed by atoms with Gasteiger partial charge in [0, 0.05) is 25.8 Å². The van der Waals surface area contributed by atoms with E-state index in [9.17, 15) is 28.0 Å². The van der Waals surface area contributed by atoms with Gasteiger partial charge in [0.25, 0.3) is 0 Å². The van der Waals surface area contributed by atoms with Crippen molar-refractivity contribution >= 4 is 17.5 Å². The molecule has 1 aromatic rings. The number of terminal acetylenes is 1. The molecule has 0 spiro atoms. The third-order valence-corrected chi connectivity index (χ3v) is 7.19. The second kappa shape index (κ2) is 10.4. The van der Waals surface area contributed by atoms with Crippen molar-refractivity contribution in [3.8, 4) is 24.2 Å². The lowest BCUT2D eigenvalue weighted by molar-refractivity contribution is -0.137. The maximum absolute atomic E-state index is 13.5. The Morgan fingerprint density at radius 2 is 1.92 bits per heavy atom. The van der Waals surface area contributed by atoms with Crippen molar-refractivity contribution in [1.82, 2.24) is 10.2 Å². The number of hydrogen-bond donors (Lipinski definition) is 1. The van der Waals surface area contributed by atoms with Crippen molar-refractivity contribution in [1.29, 1.82) is 5.26 Å². The summed E-state index contributed by atoms with van der Waals surface area (Å²) in [6.07, 6.45) is 6.53. The van der Waals surface area contributed by atoms with Crippen LogP contribution in [0.5, 0.6) is 5.75 Å². The Labute approximate surface area is 208 Å². The SMILES string of the molecule is C#C[C@H]1CC[C@@H](C#N)N1C(=O)CNC1(Oc2ccc(C(F)(F)F)cc2N2CCCC2=O)CCCCC1. The summed E-state index contributed by atoms with van der Waals surface area (Å²) >= 11 is 0. The molecule has 1 saturated carbocycles. The van der Waals surface area contributed by atoms with E-state index in [0.29, 0.717) is 38.6 Å². The van der Waals surface area contributed by atoms with E-state index in [0.717, 1.165) is 31.4 Å². The monoisotopic (exact) mass is 502 g/mol. The lowest BCUT2D eigenvalue weighted by Crippen LogP contribution is -2.56. The molecule has 0 aromatic heterocycles. The third kappa shape index (κ3) is 5.29. The number of nitrogens with one attached hydrogen (secondary N) is 1. The molecular formula is C26H29F3N4O3. The lowest BCUT2D eigenvalue weighted by atomic mass is 9.91. The number of halogens is 3. The van der Waals surface area contributed by atoms with Crippen LogP contribution in [0.3, 0.4) is 0 Å². The molecule has 36 heavy (non-hydrogen) atoms. The smallest absolute Gasteiger partial charge is 0.416 e. The molecule has 1 aliphatic carbocycles. The molecule has 0 bridgehead atoms. The van der Waals surface area contributed by atoms with E-state index in [1.165, 1.54) is 15.9 Å². The van der Waals surface area contributed by atoms with Crippen LogP contribution in [0.1, 0.15) is 63.4 Å². The Morgan fingerprint density at radius 3 is 2.53 bits per heavy atom. The number of alkyl halides is 3. The fourth-order valence-corrected chi connectivity index (χ4v) is 5.32. The molecule has 192 valence electrons. The third-order valence-electron chi connectivity index (χ3n) is 7.19. The number of rotatable bonds is 6. The highest BCUT2D eigenvalue weighted by atomic mass is 19.4. The molecule has 0 radical (unpaired) electrons. The van der Waals surface area contributed by atoms with Crippen molar-refractivity contribution in [3.05, 3.63) is 23.8 Å². The lowest BCUT2D eigenvalue weighted by Gasteiger charge is -2.40. The van der Waals surface area contributed by atoms with Gasteiger partial charge in [-0.3, -0.25) is 14.9 Å². The van der Waals surface area contributed by atoms with Crippen LogP contribution in [-0.2, 0) is 15.8 Å². The predicted molar refractivity (Wildman–Crippen MR) is 126 cm³/mol. The predicted octanol–water partition coefficient (Wildman–Crippen LogP) is 3.98. The zero-order valence-corrected chi connectivity index (χ0v) is 19.9. The summed E-state index contributed by atoms with van der Waals surface area (Å²) in [5.41, 5.74) is -1.78. The molecule has 2 heterocycles. The van der Waals surface area contributed by atoms with Gasteiger partial charge in [-0.15, -0.1) is 6.42 Å². The fourth-order valence-electron chi connectivity index (χ4n) is 5.32. The van der Waals surface area contributed by atoms with E-state index >= 15 is 0 Å². The molecule has 2 aliphatic heterocycles. The number of amides is 2. The highest BCUT2D eigenvalue weighted by Crippen LogP contribution is 2.41. The summed E-state index contributed by atoms with van der Waals surface area (Å²) in [4.78, 5) is 28.3. The molecule has 7 nitrogen and oxygen atoms in total. The normalized spacial score (nSPS) is 23.9. The van der Waals surface area contributed by atoms with Gasteiger partial charge in [-0.1, -0.05) is 12.3 Å². The molecule has 2 atom stereocenters. The number of carbonyl (C=O) groups is 2. The summed E-state index contributed by atoms with van der Waals surface area (Å²) < 4.78 is 46.8. The Balaban J connectivity index is 1.59. The summed E-state index contributed by atoms with van der Waals surface area (Å²) in [7, 11) is 0. The number of hydrogen-bond acceptors (Lipinski definition) is 5. The van der Waals surface area contributed by atoms with E-state index in [1.807, 2.05) is 0 Å². The Morgan fingerprint density at radius 1 is 1.19 bits per heavy atom. The summed E-state index contributed by atoms with van der Waals surface area (Å²) in [6, 6.07) is 4.24. The van der Waals surface area contributed by atoms with Crippen LogP contribution in [0.4, 0.5) is 18.9 Å². The Hall–Kier alpha value is -3.24. The van der Waals surface area contributed by atoms with Crippen molar-refractivity contribution in [2.24, 2.45) is 0 Å². The van der Waals surface area contributed by atoms with Gasteiger partial charge in [-0.25, -0.2) is 0 Å². The second-order valence-corrected chi connectivity index (χ2v) is 9.55. The van der Waals surface area contributed by atoms with Crippen LogP contribution >= 0.6 is 0 Å². The zero-order valence-electron chi connectivity index (χ0n) is 19.9. The summed E-state index contributed by atoms with van der Waals surface area (Å²) in [5.74, 6) is 2.16. The van der Waals surface area contributed by atoms with Gasteiger partial charge in [0.2, 0.25) is 11.8 Å². The van der Waals surface area contributed by atoms with E-state index in [2.05, 4.69) is 17.3 Å². The minimum absolute atomic E-state index is 0.0851. The maximum Gasteiger partial charge on any atom is 0.416 e. The van der Waals surface area contributed by atoms with Crippen LogP contribution in [0, 0.1) is 23.7 Å². The minimum atomic E-state index is -4.57. The summed E-state index contributed by atoms with van der Waals surface area (Å²) in [6.45, 7) is 0.183. The first-order valence-corrected chi connectivity index (χ1v) is 12.3. The Bertz CT molecular complexity index is 1060. The molecule has 2 saturated heterocycles. The number of likely N-dealkylation sites (tertiary alicyclic amines) is 1. The standard InChI is InChI=1S/C26H29F3N4O3/c1-2-19-9-10-20(16-30)33(19)24(35)17-31-25(12-4-3-5-13-25)36-22-11-8-18(26(27,28)29)15-21(22)32-14-6-7-23(32)34/h1,8,11,15,19-20,31H,3-7,9-10,12-14,17H2/t19-,20-/m0/s1. The van der Waals surface area contributed by atoms with Crippen LogP contribution in [-0.4, -0.2) is 47.6 Å². The highest BCUT2D eigenvalue weighted by molar-refractivity contribution is 5.96. The van der Waals surface area contributed by atoms with Crippen molar-refractivity contribution < 1.29 is 27.5 Å². The van der Waals surface area contributed by atoms with Gasteiger partial charge in [0.05, 0.1) is 29.9 Å². The molecule has 3 fully saturated rings. The average Bonchev–Trinajstić information content (AvgIpc) is 3.48. The molecule has 2 amide bonds. The number of carbonyl (C=O) groups excluding carboxylic acids is 2. The largest absolute Gasteiger partial charge is 0.471 e. The van der Waals surface area contributed by atoms with E-state index in [-0.39, 0.29) is 36.2 Å². The number of nitriles is 1. The number of anilines is 1. The molecule has 1 aromatic carbocycles. The topological polar surface area (TPSA) is 85.7 Å². The van der Waals surface area contributed by atoms with Gasteiger partial charge < -0.3 is 14.5 Å². The minimum Gasteiger partial charge on any atom is -0.471 e. The van der Waals surface area contributed by atoms with Crippen LogP contribution in [0.15, 0.2) is 18.2 Å². The molecule has 1 N–H and O–H groups in total. The first kappa shape index (κ1) is 25.8. The molecule has 10 heteroatoms. The van der Waals surface area contributed by atoms with Gasteiger partial charge in [0.1, 0.15) is 11.8 Å². The molecule has 4 rings (SSSR count). The van der Waals surface area contributed by atoms with E-state index in [4.69, 9.17) is 11.2 Å². The zero-order chi connectivity index (χ0) is 25.9. The van der Waals surface area contributed by atoms with Crippen molar-refractivity contribution in [2.45, 2.75) is 81.8 Å². The van der Waals surface area contributed by atoms with E-state index < -0.39 is 29.5 Å². The van der Waals surface area contributed by atoms with Crippen LogP contribution in [0.25, 0.3) is 0 Å². The van der Waals surface area contributed by atoms with Crippen molar-refractivity contribution in [3.63, 3.8) is 0 Å². The quantitative estimate of drug-likeness (QED) is 0.470. The number of nitrogens with zero attached hydrogens (tertiary/aromatic N) is 3. The second-order valence-electron chi connectivity index (χ2n) is 9.55. The van der Waals surface area contributed by atoms with Gasteiger partial charge in [-0.2, -0.15) is 18.4 Å². The van der Waals surface area contributed by atoms with Gasteiger partial charge in [-0.05, 0) is 50.3 Å². The molecule has 3 aliphatic rings. The fraction of sp³-hybridized carbons (Fsp3) is 0.577. The molecular weight excluding hydrogens is 473 g/mol. The van der Waals surface area contributed by atoms with Crippen molar-refractivity contribution in [2.75, 3.05) is 18.0 Å². The van der Waals surface area contributed by atoms with E-state index in [1.54, 1.807) is 0 Å². The molecule has 0 unspecified atom stereocenters. The first-order valence-electron chi connectivity index (χ1n) is 12.3. The Kier molecular flexibility index (Phi) is 7.46. The average molecular weight is 503 g/mol. The van der Waals surface area contributed by atoms with Gasteiger partial charge in [0.15, 0.2) is 5.72 Å². The summed E-state index contributed by atoms with van der Waals surface area (Å²) in [5, 5.41) is 12.6. The first-order chi connectivity index (χ1) is 17.2.